The molecule has 2 aromatic carbocycles. The van der Waals surface area contributed by atoms with Crippen molar-refractivity contribution >= 4 is 28.5 Å². The summed E-state index contributed by atoms with van der Waals surface area (Å²) in [6, 6.07) is 12.2. The van der Waals surface area contributed by atoms with E-state index >= 15 is 0 Å². The maximum atomic E-state index is 12.2. The first-order valence-corrected chi connectivity index (χ1v) is 7.54. The van der Waals surface area contributed by atoms with Crippen molar-refractivity contribution in [3.8, 4) is 0 Å². The lowest BCUT2D eigenvalue weighted by Crippen LogP contribution is -2.13. The molecule has 1 amide bonds. The number of Topliss-reactive ketones (excluding diaryl/α,β-unsaturated/α-hetero) is 1. The van der Waals surface area contributed by atoms with Gasteiger partial charge in [0.05, 0.1) is 5.52 Å². The van der Waals surface area contributed by atoms with Crippen LogP contribution in [-0.2, 0) is 4.79 Å². The quantitative estimate of drug-likeness (QED) is 0.706. The molecule has 3 rings (SSSR count). The molecule has 0 bridgehead atoms. The van der Waals surface area contributed by atoms with Crippen LogP contribution >= 0.6 is 0 Å². The number of oxazole rings is 1. The molecule has 0 spiro atoms. The van der Waals surface area contributed by atoms with Crippen LogP contribution in [0.1, 0.15) is 28.8 Å². The summed E-state index contributed by atoms with van der Waals surface area (Å²) in [5.74, 6) is -0.864. The van der Waals surface area contributed by atoms with Gasteiger partial charge in [0.1, 0.15) is 0 Å². The molecule has 1 aromatic heterocycles. The highest BCUT2D eigenvalue weighted by Crippen LogP contribution is 2.17. The summed E-state index contributed by atoms with van der Waals surface area (Å²) in [6.45, 7) is 1.87. The van der Waals surface area contributed by atoms with Crippen LogP contribution in [0.5, 0.6) is 0 Å². The summed E-state index contributed by atoms with van der Waals surface area (Å²) in [5, 5.41) is 2.71. The minimum Gasteiger partial charge on any atom is -0.408 e. The van der Waals surface area contributed by atoms with E-state index in [9.17, 15) is 14.4 Å². The van der Waals surface area contributed by atoms with Crippen molar-refractivity contribution < 1.29 is 14.0 Å². The number of H-pyrrole nitrogens is 1. The van der Waals surface area contributed by atoms with E-state index in [1.54, 1.807) is 30.3 Å². The number of benzene rings is 2. The number of aromatic nitrogens is 1. The van der Waals surface area contributed by atoms with E-state index in [1.807, 2.05) is 19.1 Å². The molecule has 0 aliphatic heterocycles. The van der Waals surface area contributed by atoms with Gasteiger partial charge in [0.2, 0.25) is 5.91 Å². The second kappa shape index (κ2) is 6.54. The van der Waals surface area contributed by atoms with Gasteiger partial charge in [-0.2, -0.15) is 0 Å². The smallest absolute Gasteiger partial charge is 0.408 e. The third kappa shape index (κ3) is 3.43. The molecule has 0 aliphatic rings. The highest BCUT2D eigenvalue weighted by molar-refractivity contribution is 6.01. The lowest BCUT2D eigenvalue weighted by molar-refractivity contribution is -0.116. The Balaban J connectivity index is 1.61. The summed E-state index contributed by atoms with van der Waals surface area (Å²) in [5.41, 5.74) is 3.01. The van der Waals surface area contributed by atoms with Gasteiger partial charge in [-0.1, -0.05) is 24.3 Å². The Labute approximate surface area is 137 Å². The molecule has 1 heterocycles. The molecule has 0 aliphatic carbocycles. The van der Waals surface area contributed by atoms with Crippen molar-refractivity contribution in [1.29, 1.82) is 0 Å². The Morgan fingerprint density at radius 1 is 1.12 bits per heavy atom. The number of amides is 1. The molecule has 2 N–H and O–H groups in total. The Morgan fingerprint density at radius 3 is 2.71 bits per heavy atom. The van der Waals surface area contributed by atoms with Gasteiger partial charge < -0.3 is 9.73 Å². The van der Waals surface area contributed by atoms with Crippen molar-refractivity contribution in [2.75, 3.05) is 5.32 Å². The molecule has 24 heavy (non-hydrogen) atoms. The molecule has 6 heteroatoms. The minimum absolute atomic E-state index is 0.0575. The number of rotatable bonds is 5. The summed E-state index contributed by atoms with van der Waals surface area (Å²) in [4.78, 5) is 37.8. The fraction of sp³-hybridized carbons (Fsp3) is 0.167. The maximum Gasteiger partial charge on any atom is 0.417 e. The van der Waals surface area contributed by atoms with Crippen molar-refractivity contribution in [2.45, 2.75) is 19.8 Å². The molecule has 0 saturated carbocycles. The molecule has 0 saturated heterocycles. The number of nitrogens with one attached hydrogen (secondary N) is 2. The topological polar surface area (TPSA) is 92.2 Å². The van der Waals surface area contributed by atoms with Crippen molar-refractivity contribution in [1.82, 2.24) is 4.98 Å². The highest BCUT2D eigenvalue weighted by atomic mass is 16.4. The first-order valence-electron chi connectivity index (χ1n) is 7.54. The number of fused-ring (bicyclic) bond motifs is 1. The van der Waals surface area contributed by atoms with E-state index in [1.165, 1.54) is 0 Å². The van der Waals surface area contributed by atoms with Crippen molar-refractivity contribution in [2.24, 2.45) is 0 Å². The third-order valence-corrected chi connectivity index (χ3v) is 3.73. The lowest BCUT2D eigenvalue weighted by atomic mass is 10.0. The van der Waals surface area contributed by atoms with Crippen LogP contribution in [0.2, 0.25) is 0 Å². The van der Waals surface area contributed by atoms with Gasteiger partial charge >= 0.3 is 5.76 Å². The zero-order chi connectivity index (χ0) is 17.1. The molecule has 0 radical (unpaired) electrons. The second-order valence-corrected chi connectivity index (χ2v) is 5.51. The van der Waals surface area contributed by atoms with E-state index in [0.29, 0.717) is 22.4 Å². The van der Waals surface area contributed by atoms with Crippen LogP contribution in [0, 0.1) is 6.92 Å². The summed E-state index contributed by atoms with van der Waals surface area (Å²) < 4.78 is 4.90. The largest absolute Gasteiger partial charge is 0.417 e. The van der Waals surface area contributed by atoms with Crippen molar-refractivity contribution in [3.63, 3.8) is 0 Å². The van der Waals surface area contributed by atoms with Crippen LogP contribution in [-0.4, -0.2) is 16.7 Å². The summed E-state index contributed by atoms with van der Waals surface area (Å²) in [7, 11) is 0. The molecule has 3 aromatic rings. The first-order chi connectivity index (χ1) is 11.5. The Kier molecular flexibility index (Phi) is 4.29. The number of hydrogen-bond donors (Lipinski definition) is 2. The zero-order valence-corrected chi connectivity index (χ0v) is 13.1. The third-order valence-electron chi connectivity index (χ3n) is 3.73. The van der Waals surface area contributed by atoms with Gasteiger partial charge in [0, 0.05) is 24.1 Å². The molecule has 0 unspecified atom stereocenters. The number of anilines is 1. The number of hydrogen-bond acceptors (Lipinski definition) is 4. The number of carbonyl (C=O) groups is 2. The first kappa shape index (κ1) is 15.7. The second-order valence-electron chi connectivity index (χ2n) is 5.51. The molecule has 0 atom stereocenters. The summed E-state index contributed by atoms with van der Waals surface area (Å²) >= 11 is 0. The van der Waals surface area contributed by atoms with Gasteiger partial charge in [0.25, 0.3) is 0 Å². The Bertz CT molecular complexity index is 968. The molecular formula is C18H16N2O4. The van der Waals surface area contributed by atoms with Gasteiger partial charge in [-0.3, -0.25) is 14.6 Å². The van der Waals surface area contributed by atoms with E-state index in [0.717, 1.165) is 5.56 Å². The predicted octanol–water partition coefficient (Wildman–Crippen LogP) is 3.03. The van der Waals surface area contributed by atoms with Gasteiger partial charge in [-0.05, 0) is 30.7 Å². The molecule has 122 valence electrons. The van der Waals surface area contributed by atoms with Crippen LogP contribution in [0.15, 0.2) is 51.7 Å². The normalized spacial score (nSPS) is 10.7. The number of aromatic amines is 1. The molecule has 6 nitrogen and oxygen atoms in total. The molecular weight excluding hydrogens is 308 g/mol. The average Bonchev–Trinajstić information content (AvgIpc) is 2.92. The van der Waals surface area contributed by atoms with E-state index in [4.69, 9.17) is 4.42 Å². The van der Waals surface area contributed by atoms with E-state index in [2.05, 4.69) is 10.3 Å². The van der Waals surface area contributed by atoms with Crippen LogP contribution < -0.4 is 11.1 Å². The van der Waals surface area contributed by atoms with Gasteiger partial charge in [0.15, 0.2) is 11.4 Å². The highest BCUT2D eigenvalue weighted by Gasteiger charge is 2.12. The monoisotopic (exact) mass is 324 g/mol. The maximum absolute atomic E-state index is 12.2. The van der Waals surface area contributed by atoms with Gasteiger partial charge in [-0.25, -0.2) is 4.79 Å². The summed E-state index contributed by atoms with van der Waals surface area (Å²) in [6.07, 6.45) is 0.231. The number of aryl methyl sites for hydroxylation is 1. The zero-order valence-electron chi connectivity index (χ0n) is 13.1. The van der Waals surface area contributed by atoms with E-state index < -0.39 is 5.76 Å². The fourth-order valence-corrected chi connectivity index (χ4v) is 2.50. The van der Waals surface area contributed by atoms with Crippen LogP contribution in [0.3, 0.4) is 0 Å². The Hall–Kier alpha value is -3.15. The predicted molar refractivity (Wildman–Crippen MR) is 90.2 cm³/mol. The standard InChI is InChI=1S/C18H16N2O4/c1-11-4-2-3-5-13(11)15(21)7-9-17(22)19-12-6-8-16-14(10-12)20-18(23)24-16/h2-6,8,10H,7,9H2,1H3,(H,19,22)(H,20,23). The average molecular weight is 324 g/mol. The number of ketones is 1. The number of carbonyl (C=O) groups excluding carboxylic acids is 2. The lowest BCUT2D eigenvalue weighted by Gasteiger charge is -2.06. The fourth-order valence-electron chi connectivity index (χ4n) is 2.50. The Morgan fingerprint density at radius 2 is 1.92 bits per heavy atom. The SMILES string of the molecule is Cc1ccccc1C(=O)CCC(=O)Nc1ccc2oc(=O)[nH]c2c1. The van der Waals surface area contributed by atoms with E-state index in [-0.39, 0.29) is 24.5 Å². The van der Waals surface area contributed by atoms with Crippen molar-refractivity contribution in [3.05, 3.63) is 64.1 Å². The minimum atomic E-state index is -0.544. The molecule has 0 fully saturated rings. The van der Waals surface area contributed by atoms with Gasteiger partial charge in [-0.15, -0.1) is 0 Å². The van der Waals surface area contributed by atoms with Crippen LogP contribution in [0.25, 0.3) is 11.1 Å². The van der Waals surface area contributed by atoms with Crippen LogP contribution in [0.4, 0.5) is 5.69 Å².